The zero-order valence-electron chi connectivity index (χ0n) is 9.48. The molecule has 0 radical (unpaired) electrons. The van der Waals surface area contributed by atoms with Gasteiger partial charge in [0.25, 0.3) is 0 Å². The lowest BCUT2D eigenvalue weighted by molar-refractivity contribution is 0.696. The Labute approximate surface area is 96.3 Å². The number of para-hydroxylation sites is 1. The highest BCUT2D eigenvalue weighted by Crippen LogP contribution is 2.25. The quantitative estimate of drug-likeness (QED) is 0.652. The van der Waals surface area contributed by atoms with Crippen molar-refractivity contribution in [1.29, 1.82) is 0 Å². The molecule has 0 aliphatic rings. The first-order valence-electron chi connectivity index (χ1n) is 5.24. The summed E-state index contributed by atoms with van der Waals surface area (Å²) >= 11 is 0. The minimum absolute atomic E-state index is 0.214. The summed E-state index contributed by atoms with van der Waals surface area (Å²) in [4.78, 5) is 16.8. The molecule has 0 saturated carbocycles. The summed E-state index contributed by atoms with van der Waals surface area (Å²) < 4.78 is 1.71. The van der Waals surface area contributed by atoms with Crippen LogP contribution in [-0.2, 0) is 7.05 Å². The molecular formula is C11H11N5O. The zero-order chi connectivity index (χ0) is 12.0. The fraction of sp³-hybridized carbons (Fsp3) is 0.182. The predicted octanol–water partition coefficient (Wildman–Crippen LogP) is 0.960. The largest absolute Gasteiger partial charge is 0.323 e. The maximum atomic E-state index is 11.3. The first-order valence-corrected chi connectivity index (χ1v) is 5.24. The zero-order valence-corrected chi connectivity index (χ0v) is 9.48. The molecular weight excluding hydrogens is 218 g/mol. The molecule has 1 aromatic carbocycles. The second-order valence-electron chi connectivity index (χ2n) is 3.95. The Balaban J connectivity index is 2.37. The van der Waals surface area contributed by atoms with Crippen LogP contribution in [-0.4, -0.2) is 25.0 Å². The molecule has 0 fully saturated rings. The number of benzene rings is 1. The van der Waals surface area contributed by atoms with Gasteiger partial charge < -0.3 is 9.97 Å². The lowest BCUT2D eigenvalue weighted by atomic mass is 10.1. The van der Waals surface area contributed by atoms with Gasteiger partial charge in [-0.15, -0.1) is 5.10 Å². The lowest BCUT2D eigenvalue weighted by Gasteiger charge is -2.00. The summed E-state index contributed by atoms with van der Waals surface area (Å²) in [6, 6.07) is 5.65. The number of nitrogens with one attached hydrogen (secondary N) is 2. The van der Waals surface area contributed by atoms with Crippen LogP contribution in [0.4, 0.5) is 0 Å². The van der Waals surface area contributed by atoms with Gasteiger partial charge in [-0.05, 0) is 13.0 Å². The minimum atomic E-state index is -0.214. The molecule has 0 spiro atoms. The molecule has 6 nitrogen and oxygen atoms in total. The molecule has 0 unspecified atom stereocenters. The molecule has 86 valence electrons. The fourth-order valence-corrected chi connectivity index (χ4v) is 1.91. The number of aromatic amines is 2. The SMILES string of the molecule is Cc1c(-c2cccc3[nH]c(=O)[nH]c23)nnn1C. The second-order valence-corrected chi connectivity index (χ2v) is 3.95. The third-order valence-electron chi connectivity index (χ3n) is 2.91. The van der Waals surface area contributed by atoms with Gasteiger partial charge in [0.2, 0.25) is 0 Å². The Hall–Kier alpha value is -2.37. The standard InChI is InChI=1S/C11H11N5O/c1-6-9(14-15-16(6)2)7-4-3-5-8-10(7)13-11(17)12-8/h3-5H,1-2H3,(H2,12,13,17). The number of hydrogen-bond acceptors (Lipinski definition) is 3. The number of H-pyrrole nitrogens is 2. The smallest absolute Gasteiger partial charge is 0.306 e. The van der Waals surface area contributed by atoms with E-state index in [1.165, 1.54) is 0 Å². The molecule has 2 heterocycles. The van der Waals surface area contributed by atoms with Gasteiger partial charge in [0.05, 0.1) is 16.7 Å². The average Bonchev–Trinajstić information content (AvgIpc) is 2.82. The van der Waals surface area contributed by atoms with Gasteiger partial charge in [0.15, 0.2) is 0 Å². The first-order chi connectivity index (χ1) is 8.16. The van der Waals surface area contributed by atoms with Crippen molar-refractivity contribution >= 4 is 11.0 Å². The van der Waals surface area contributed by atoms with Crippen molar-refractivity contribution in [3.05, 3.63) is 34.4 Å². The number of nitrogens with zero attached hydrogens (tertiary/aromatic N) is 3. The summed E-state index contributed by atoms with van der Waals surface area (Å²) in [5, 5.41) is 8.09. The fourth-order valence-electron chi connectivity index (χ4n) is 1.91. The molecule has 3 aromatic rings. The van der Waals surface area contributed by atoms with Crippen molar-refractivity contribution in [3.8, 4) is 11.3 Å². The normalized spacial score (nSPS) is 11.2. The van der Waals surface area contributed by atoms with Gasteiger partial charge in [0, 0.05) is 12.6 Å². The van der Waals surface area contributed by atoms with E-state index in [-0.39, 0.29) is 5.69 Å². The third-order valence-corrected chi connectivity index (χ3v) is 2.91. The maximum absolute atomic E-state index is 11.3. The number of hydrogen-bond donors (Lipinski definition) is 2. The summed E-state index contributed by atoms with van der Waals surface area (Å²) in [7, 11) is 1.84. The van der Waals surface area contributed by atoms with Gasteiger partial charge in [-0.1, -0.05) is 17.3 Å². The van der Waals surface area contributed by atoms with Gasteiger partial charge in [-0.25, -0.2) is 4.79 Å². The van der Waals surface area contributed by atoms with Gasteiger partial charge in [0.1, 0.15) is 5.69 Å². The van der Waals surface area contributed by atoms with E-state index in [9.17, 15) is 4.79 Å². The molecule has 0 bridgehead atoms. The molecule has 6 heteroatoms. The van der Waals surface area contributed by atoms with Crippen molar-refractivity contribution in [2.45, 2.75) is 6.92 Å². The number of rotatable bonds is 1. The van der Waals surface area contributed by atoms with Crippen molar-refractivity contribution in [2.24, 2.45) is 7.05 Å². The van der Waals surface area contributed by atoms with Gasteiger partial charge in [-0.3, -0.25) is 4.68 Å². The van der Waals surface area contributed by atoms with Crippen LogP contribution in [0.15, 0.2) is 23.0 Å². The van der Waals surface area contributed by atoms with Crippen LogP contribution < -0.4 is 5.69 Å². The van der Waals surface area contributed by atoms with E-state index in [0.717, 1.165) is 28.0 Å². The lowest BCUT2D eigenvalue weighted by Crippen LogP contribution is -1.99. The number of imidazole rings is 1. The van der Waals surface area contributed by atoms with Gasteiger partial charge >= 0.3 is 5.69 Å². The van der Waals surface area contributed by atoms with E-state index in [0.29, 0.717) is 0 Å². The van der Waals surface area contributed by atoms with Crippen LogP contribution >= 0.6 is 0 Å². The van der Waals surface area contributed by atoms with Gasteiger partial charge in [-0.2, -0.15) is 0 Å². The Morgan fingerprint density at radius 1 is 1.29 bits per heavy atom. The average molecular weight is 229 g/mol. The highest BCUT2D eigenvalue weighted by atomic mass is 16.1. The van der Waals surface area contributed by atoms with Crippen LogP contribution in [0, 0.1) is 6.92 Å². The Bertz CT molecular complexity index is 749. The summed E-state index contributed by atoms with van der Waals surface area (Å²) in [5.41, 5.74) is 3.95. The van der Waals surface area contributed by atoms with E-state index in [1.807, 2.05) is 32.2 Å². The van der Waals surface area contributed by atoms with Crippen molar-refractivity contribution in [1.82, 2.24) is 25.0 Å². The topological polar surface area (TPSA) is 79.4 Å². The summed E-state index contributed by atoms with van der Waals surface area (Å²) in [6.07, 6.45) is 0. The van der Waals surface area contributed by atoms with Crippen LogP contribution in [0.2, 0.25) is 0 Å². The highest BCUT2D eigenvalue weighted by molar-refractivity contribution is 5.90. The number of aromatic nitrogens is 5. The van der Waals surface area contributed by atoms with E-state index in [1.54, 1.807) is 4.68 Å². The predicted molar refractivity (Wildman–Crippen MR) is 63.7 cm³/mol. The highest BCUT2D eigenvalue weighted by Gasteiger charge is 2.13. The van der Waals surface area contributed by atoms with Crippen molar-refractivity contribution in [3.63, 3.8) is 0 Å². The van der Waals surface area contributed by atoms with E-state index in [4.69, 9.17) is 0 Å². The molecule has 2 N–H and O–H groups in total. The van der Waals surface area contributed by atoms with Crippen LogP contribution in [0.3, 0.4) is 0 Å². The number of fused-ring (bicyclic) bond motifs is 1. The van der Waals surface area contributed by atoms with Crippen molar-refractivity contribution < 1.29 is 0 Å². The maximum Gasteiger partial charge on any atom is 0.323 e. The number of aryl methyl sites for hydroxylation is 1. The Kier molecular flexibility index (Phi) is 1.91. The molecule has 0 aliphatic carbocycles. The molecule has 0 atom stereocenters. The third kappa shape index (κ3) is 1.37. The molecule has 0 aliphatic heterocycles. The monoisotopic (exact) mass is 229 g/mol. The van der Waals surface area contributed by atoms with E-state index < -0.39 is 0 Å². The van der Waals surface area contributed by atoms with Crippen LogP contribution in [0.5, 0.6) is 0 Å². The van der Waals surface area contributed by atoms with Crippen molar-refractivity contribution in [2.75, 3.05) is 0 Å². The van der Waals surface area contributed by atoms with E-state index in [2.05, 4.69) is 20.3 Å². The summed E-state index contributed by atoms with van der Waals surface area (Å²) in [6.45, 7) is 1.94. The molecule has 0 amide bonds. The summed E-state index contributed by atoms with van der Waals surface area (Å²) in [5.74, 6) is 0. The Morgan fingerprint density at radius 3 is 2.82 bits per heavy atom. The van der Waals surface area contributed by atoms with E-state index >= 15 is 0 Å². The Morgan fingerprint density at radius 2 is 2.12 bits per heavy atom. The minimum Gasteiger partial charge on any atom is -0.306 e. The first kappa shape index (κ1) is 9.83. The second kappa shape index (κ2) is 3.31. The molecule has 2 aromatic heterocycles. The van der Waals surface area contributed by atoms with Crippen LogP contribution in [0.25, 0.3) is 22.3 Å². The molecule has 3 rings (SSSR count). The molecule has 0 saturated heterocycles. The van der Waals surface area contributed by atoms with Crippen LogP contribution in [0.1, 0.15) is 5.69 Å². The molecule has 17 heavy (non-hydrogen) atoms.